The molecule has 0 spiro atoms. The molecule has 126 valence electrons. The molecular formula is C18H18Br2N2O2. The lowest BCUT2D eigenvalue weighted by Gasteiger charge is -2.06. The van der Waals surface area contributed by atoms with Gasteiger partial charge in [0.1, 0.15) is 11.5 Å². The molecule has 0 aliphatic heterocycles. The van der Waals surface area contributed by atoms with Crippen LogP contribution in [0.2, 0.25) is 0 Å². The maximum atomic E-state index is 5.24. The van der Waals surface area contributed by atoms with Gasteiger partial charge >= 0.3 is 0 Å². The molecule has 0 bridgehead atoms. The molecule has 0 radical (unpaired) electrons. The number of rotatable bonds is 5. The van der Waals surface area contributed by atoms with Gasteiger partial charge in [-0.2, -0.15) is 10.2 Å². The molecule has 0 heterocycles. The SMILES string of the molecule is COc1ccc(C(C)=NN=C(C)c2ccc(OC)c(Br)c2)cc1Br. The third-order valence-corrected chi connectivity index (χ3v) is 4.73. The first kappa shape index (κ1) is 18.7. The van der Waals surface area contributed by atoms with Gasteiger partial charge in [0.25, 0.3) is 0 Å². The lowest BCUT2D eigenvalue weighted by Crippen LogP contribution is -1.98. The fourth-order valence-corrected chi connectivity index (χ4v) is 3.13. The summed E-state index contributed by atoms with van der Waals surface area (Å²) in [4.78, 5) is 0. The van der Waals surface area contributed by atoms with Gasteiger partial charge in [0, 0.05) is 0 Å². The highest BCUT2D eigenvalue weighted by Gasteiger charge is 2.05. The standard InChI is InChI=1S/C18H18Br2N2O2/c1-11(13-5-7-17(23-3)15(19)9-13)21-22-12(2)14-6-8-18(24-4)16(20)10-14/h5-10H,1-4H3. The molecule has 0 unspecified atom stereocenters. The minimum Gasteiger partial charge on any atom is -0.496 e. The van der Waals surface area contributed by atoms with Crippen molar-refractivity contribution in [2.45, 2.75) is 13.8 Å². The van der Waals surface area contributed by atoms with Crippen LogP contribution in [0.1, 0.15) is 25.0 Å². The van der Waals surface area contributed by atoms with E-state index in [9.17, 15) is 0 Å². The van der Waals surface area contributed by atoms with Crippen LogP contribution in [0.4, 0.5) is 0 Å². The van der Waals surface area contributed by atoms with Crippen LogP contribution in [-0.4, -0.2) is 25.6 Å². The van der Waals surface area contributed by atoms with E-state index in [-0.39, 0.29) is 0 Å². The van der Waals surface area contributed by atoms with Crippen LogP contribution in [0.5, 0.6) is 11.5 Å². The summed E-state index contributed by atoms with van der Waals surface area (Å²) in [6.45, 7) is 3.85. The van der Waals surface area contributed by atoms with Crippen molar-refractivity contribution in [2.24, 2.45) is 10.2 Å². The number of methoxy groups -OCH3 is 2. The molecule has 2 aromatic rings. The van der Waals surface area contributed by atoms with E-state index in [4.69, 9.17) is 9.47 Å². The Kier molecular flexibility index (Phi) is 6.57. The first-order chi connectivity index (χ1) is 11.5. The van der Waals surface area contributed by atoms with Crippen molar-refractivity contribution in [1.29, 1.82) is 0 Å². The summed E-state index contributed by atoms with van der Waals surface area (Å²) in [6.07, 6.45) is 0. The maximum absolute atomic E-state index is 5.24. The van der Waals surface area contributed by atoms with E-state index in [1.807, 2.05) is 50.2 Å². The summed E-state index contributed by atoms with van der Waals surface area (Å²) in [5.41, 5.74) is 3.61. The second-order valence-corrected chi connectivity index (χ2v) is 6.78. The molecule has 6 heteroatoms. The molecule has 0 fully saturated rings. The second kappa shape index (κ2) is 8.44. The molecule has 24 heavy (non-hydrogen) atoms. The van der Waals surface area contributed by atoms with Gasteiger partial charge in [-0.15, -0.1) is 0 Å². The van der Waals surface area contributed by atoms with Gasteiger partial charge in [0.2, 0.25) is 0 Å². The van der Waals surface area contributed by atoms with E-state index >= 15 is 0 Å². The number of nitrogens with zero attached hydrogens (tertiary/aromatic N) is 2. The topological polar surface area (TPSA) is 43.2 Å². The molecule has 2 aromatic carbocycles. The second-order valence-electron chi connectivity index (χ2n) is 5.07. The van der Waals surface area contributed by atoms with E-state index in [2.05, 4.69) is 42.1 Å². The van der Waals surface area contributed by atoms with Gasteiger partial charge in [-0.1, -0.05) is 0 Å². The molecule has 0 aromatic heterocycles. The lowest BCUT2D eigenvalue weighted by molar-refractivity contribution is 0.412. The molecule has 0 saturated heterocycles. The zero-order chi connectivity index (χ0) is 17.7. The van der Waals surface area contributed by atoms with Gasteiger partial charge < -0.3 is 9.47 Å². The summed E-state index contributed by atoms with van der Waals surface area (Å²) in [5.74, 6) is 1.57. The van der Waals surface area contributed by atoms with Crippen molar-refractivity contribution in [2.75, 3.05) is 14.2 Å². The van der Waals surface area contributed by atoms with Crippen molar-refractivity contribution in [3.63, 3.8) is 0 Å². The fourth-order valence-electron chi connectivity index (χ4n) is 2.05. The van der Waals surface area contributed by atoms with Crippen LogP contribution < -0.4 is 9.47 Å². The Balaban J connectivity index is 2.25. The van der Waals surface area contributed by atoms with Crippen molar-refractivity contribution in [3.05, 3.63) is 56.5 Å². The average Bonchev–Trinajstić information content (AvgIpc) is 2.59. The van der Waals surface area contributed by atoms with Crippen molar-refractivity contribution >= 4 is 43.3 Å². The normalized spacial score (nSPS) is 12.2. The van der Waals surface area contributed by atoms with E-state index in [1.54, 1.807) is 14.2 Å². The van der Waals surface area contributed by atoms with Crippen LogP contribution in [0.3, 0.4) is 0 Å². The molecule has 0 amide bonds. The first-order valence-electron chi connectivity index (χ1n) is 7.23. The van der Waals surface area contributed by atoms with Crippen molar-refractivity contribution in [1.82, 2.24) is 0 Å². The Morgan fingerprint density at radius 2 is 1.12 bits per heavy atom. The molecule has 0 atom stereocenters. The highest BCUT2D eigenvalue weighted by Crippen LogP contribution is 2.27. The zero-order valence-corrected chi connectivity index (χ0v) is 17.1. The smallest absolute Gasteiger partial charge is 0.133 e. The summed E-state index contributed by atoms with van der Waals surface area (Å²) < 4.78 is 12.2. The number of halogens is 2. The van der Waals surface area contributed by atoms with E-state index < -0.39 is 0 Å². The van der Waals surface area contributed by atoms with Crippen LogP contribution in [0, 0.1) is 0 Å². The third kappa shape index (κ3) is 4.45. The van der Waals surface area contributed by atoms with E-state index in [1.165, 1.54) is 0 Å². The van der Waals surface area contributed by atoms with Gasteiger partial charge in [-0.05, 0) is 93.2 Å². The Labute approximate surface area is 158 Å². The summed E-state index contributed by atoms with van der Waals surface area (Å²) >= 11 is 6.96. The minimum absolute atomic E-state index is 0.786. The fraction of sp³-hybridized carbons (Fsp3) is 0.222. The summed E-state index contributed by atoms with van der Waals surface area (Å²) in [6, 6.07) is 11.6. The Hall–Kier alpha value is -1.66. The van der Waals surface area contributed by atoms with Gasteiger partial charge in [0.15, 0.2) is 0 Å². The van der Waals surface area contributed by atoms with Gasteiger partial charge in [-0.25, -0.2) is 0 Å². The van der Waals surface area contributed by atoms with E-state index in [0.29, 0.717) is 0 Å². The highest BCUT2D eigenvalue weighted by atomic mass is 79.9. The zero-order valence-electron chi connectivity index (χ0n) is 13.9. The summed E-state index contributed by atoms with van der Waals surface area (Å²) in [5, 5.41) is 8.67. The summed E-state index contributed by atoms with van der Waals surface area (Å²) in [7, 11) is 3.28. The van der Waals surface area contributed by atoms with Crippen LogP contribution in [0.25, 0.3) is 0 Å². The lowest BCUT2D eigenvalue weighted by atomic mass is 10.1. The quantitative estimate of drug-likeness (QED) is 0.445. The van der Waals surface area contributed by atoms with Gasteiger partial charge in [-0.3, -0.25) is 0 Å². The number of benzene rings is 2. The van der Waals surface area contributed by atoms with Crippen molar-refractivity contribution in [3.8, 4) is 11.5 Å². The molecule has 0 aliphatic rings. The molecule has 0 saturated carbocycles. The van der Waals surface area contributed by atoms with Crippen molar-refractivity contribution < 1.29 is 9.47 Å². The van der Waals surface area contributed by atoms with Crippen LogP contribution in [0.15, 0.2) is 55.5 Å². The van der Waals surface area contributed by atoms with Crippen LogP contribution in [-0.2, 0) is 0 Å². The maximum Gasteiger partial charge on any atom is 0.133 e. The molecule has 4 nitrogen and oxygen atoms in total. The average molecular weight is 454 g/mol. The Morgan fingerprint density at radius 3 is 1.42 bits per heavy atom. The Morgan fingerprint density at radius 1 is 0.750 bits per heavy atom. The highest BCUT2D eigenvalue weighted by molar-refractivity contribution is 9.10. The number of hydrogen-bond acceptors (Lipinski definition) is 4. The monoisotopic (exact) mass is 452 g/mol. The minimum atomic E-state index is 0.786. The predicted octanol–water partition coefficient (Wildman–Crippen LogP) is 5.46. The molecule has 0 N–H and O–H groups in total. The van der Waals surface area contributed by atoms with E-state index in [0.717, 1.165) is 43.0 Å². The predicted molar refractivity (Wildman–Crippen MR) is 106 cm³/mol. The third-order valence-electron chi connectivity index (χ3n) is 3.49. The number of ether oxygens (including phenoxy) is 2. The molecule has 2 rings (SSSR count). The Bertz CT molecular complexity index is 734. The van der Waals surface area contributed by atoms with Gasteiger partial charge in [0.05, 0.1) is 34.6 Å². The molecule has 0 aliphatic carbocycles. The molecular weight excluding hydrogens is 436 g/mol. The van der Waals surface area contributed by atoms with Crippen LogP contribution >= 0.6 is 31.9 Å². The largest absolute Gasteiger partial charge is 0.496 e. The number of hydrogen-bond donors (Lipinski definition) is 0. The first-order valence-corrected chi connectivity index (χ1v) is 8.81.